The molecule has 3 aromatic rings. The van der Waals surface area contributed by atoms with Crippen LogP contribution in [-0.2, 0) is 0 Å². The van der Waals surface area contributed by atoms with Gasteiger partial charge in [0.05, 0.1) is 20.3 Å². The van der Waals surface area contributed by atoms with Crippen LogP contribution in [0.3, 0.4) is 0 Å². The first-order valence-electron chi connectivity index (χ1n) is 9.13. The summed E-state index contributed by atoms with van der Waals surface area (Å²) in [7, 11) is 3.24. The third-order valence-corrected chi connectivity index (χ3v) is 4.52. The largest absolute Gasteiger partial charge is 0.493 e. The molecule has 1 fully saturated rings. The molecule has 2 aromatic heterocycles. The van der Waals surface area contributed by atoms with Crippen LogP contribution in [0.5, 0.6) is 17.4 Å². The molecular weight excluding hydrogens is 344 g/mol. The molecule has 0 bridgehead atoms. The quantitative estimate of drug-likeness (QED) is 0.644. The predicted molar refractivity (Wildman–Crippen MR) is 104 cm³/mol. The van der Waals surface area contributed by atoms with E-state index in [1.54, 1.807) is 14.2 Å². The second kappa shape index (κ2) is 6.98. The molecule has 7 heteroatoms. The van der Waals surface area contributed by atoms with E-state index in [9.17, 15) is 0 Å². The molecule has 0 aliphatic heterocycles. The minimum atomic E-state index is -0.00380. The van der Waals surface area contributed by atoms with Crippen LogP contribution in [0, 0.1) is 0 Å². The van der Waals surface area contributed by atoms with Crippen molar-refractivity contribution in [2.75, 3.05) is 19.5 Å². The van der Waals surface area contributed by atoms with Crippen LogP contribution in [0.4, 0.5) is 11.6 Å². The van der Waals surface area contributed by atoms with Gasteiger partial charge in [-0.25, -0.2) is 0 Å². The van der Waals surface area contributed by atoms with E-state index in [2.05, 4.69) is 20.5 Å². The van der Waals surface area contributed by atoms with Gasteiger partial charge in [0, 0.05) is 23.1 Å². The van der Waals surface area contributed by atoms with Gasteiger partial charge < -0.3 is 19.5 Å². The average molecular weight is 368 g/mol. The lowest BCUT2D eigenvalue weighted by Gasteiger charge is -2.15. The highest BCUT2D eigenvalue weighted by Gasteiger charge is 2.25. The molecule has 0 saturated heterocycles. The van der Waals surface area contributed by atoms with Gasteiger partial charge in [-0.2, -0.15) is 10.1 Å². The summed E-state index contributed by atoms with van der Waals surface area (Å²) in [5.41, 5.74) is 1.17. The van der Waals surface area contributed by atoms with Crippen LogP contribution >= 0.6 is 0 Å². The Morgan fingerprint density at radius 1 is 1.04 bits per heavy atom. The molecule has 1 aliphatic carbocycles. The monoisotopic (exact) mass is 368 g/mol. The van der Waals surface area contributed by atoms with Crippen molar-refractivity contribution >= 4 is 22.4 Å². The van der Waals surface area contributed by atoms with E-state index in [-0.39, 0.29) is 6.10 Å². The van der Waals surface area contributed by atoms with Gasteiger partial charge in [-0.3, -0.25) is 5.10 Å². The lowest BCUT2D eigenvalue weighted by atomic mass is 10.1. The fraction of sp³-hybridized carbons (Fsp3) is 0.400. The zero-order chi connectivity index (χ0) is 19.0. The maximum absolute atomic E-state index is 5.96. The van der Waals surface area contributed by atoms with Crippen LogP contribution in [-0.4, -0.2) is 35.5 Å². The van der Waals surface area contributed by atoms with Gasteiger partial charge in [-0.15, -0.1) is 0 Å². The van der Waals surface area contributed by atoms with Crippen molar-refractivity contribution in [3.63, 3.8) is 0 Å². The fourth-order valence-electron chi connectivity index (χ4n) is 3.06. The van der Waals surface area contributed by atoms with Crippen LogP contribution in [0.25, 0.3) is 10.8 Å². The topological polar surface area (TPSA) is 81.3 Å². The number of ether oxygens (including phenoxy) is 3. The van der Waals surface area contributed by atoms with Gasteiger partial charge in [-0.05, 0) is 50.3 Å². The Labute approximate surface area is 158 Å². The zero-order valence-corrected chi connectivity index (χ0v) is 16.0. The zero-order valence-electron chi connectivity index (χ0n) is 16.0. The lowest BCUT2D eigenvalue weighted by Crippen LogP contribution is -2.08. The van der Waals surface area contributed by atoms with E-state index in [0.717, 1.165) is 16.6 Å². The first-order valence-corrected chi connectivity index (χ1v) is 9.13. The minimum Gasteiger partial charge on any atom is -0.493 e. The van der Waals surface area contributed by atoms with E-state index in [4.69, 9.17) is 14.2 Å². The Balaban J connectivity index is 1.74. The number of anilines is 2. The number of aromatic nitrogens is 3. The molecule has 4 rings (SSSR count). The van der Waals surface area contributed by atoms with Crippen LogP contribution in [0.1, 0.15) is 38.3 Å². The number of pyridine rings is 1. The van der Waals surface area contributed by atoms with Crippen molar-refractivity contribution in [3.05, 3.63) is 30.0 Å². The van der Waals surface area contributed by atoms with Gasteiger partial charge in [0.15, 0.2) is 17.3 Å². The molecule has 142 valence electrons. The molecule has 0 atom stereocenters. The first-order chi connectivity index (χ1) is 13.1. The van der Waals surface area contributed by atoms with E-state index >= 15 is 0 Å². The standard InChI is InChI=1S/C20H24N4O3/c1-11(2)27-20-14-9-17(26-4)16(25-3)7-13(14)8-18(22-20)21-19-10-15(23-24-19)12-5-6-12/h7-12H,5-6H2,1-4H3,(H2,21,22,23,24). The van der Waals surface area contributed by atoms with Crippen molar-refractivity contribution in [1.29, 1.82) is 0 Å². The van der Waals surface area contributed by atoms with E-state index < -0.39 is 0 Å². The van der Waals surface area contributed by atoms with Gasteiger partial charge in [0.1, 0.15) is 5.82 Å². The van der Waals surface area contributed by atoms with Gasteiger partial charge in [0.2, 0.25) is 5.88 Å². The van der Waals surface area contributed by atoms with Crippen molar-refractivity contribution < 1.29 is 14.2 Å². The molecular formula is C20H24N4O3. The molecule has 2 N–H and O–H groups in total. The Hall–Kier alpha value is -2.96. The predicted octanol–water partition coefficient (Wildman–Crippen LogP) is 4.38. The highest BCUT2D eigenvalue weighted by molar-refractivity contribution is 5.92. The summed E-state index contributed by atoms with van der Waals surface area (Å²) in [6, 6.07) is 7.81. The molecule has 0 radical (unpaired) electrons. The highest BCUT2D eigenvalue weighted by atomic mass is 16.5. The average Bonchev–Trinajstić information content (AvgIpc) is 3.40. The molecule has 2 heterocycles. The number of hydrogen-bond donors (Lipinski definition) is 2. The third kappa shape index (κ3) is 3.63. The van der Waals surface area contributed by atoms with Gasteiger partial charge >= 0.3 is 0 Å². The van der Waals surface area contributed by atoms with Crippen molar-refractivity contribution in [3.8, 4) is 17.4 Å². The van der Waals surface area contributed by atoms with Crippen LogP contribution < -0.4 is 19.5 Å². The number of rotatable bonds is 7. The molecule has 1 aromatic carbocycles. The fourth-order valence-corrected chi connectivity index (χ4v) is 3.06. The summed E-state index contributed by atoms with van der Waals surface area (Å²) >= 11 is 0. The number of H-pyrrole nitrogens is 1. The van der Waals surface area contributed by atoms with Gasteiger partial charge in [0.25, 0.3) is 0 Å². The van der Waals surface area contributed by atoms with Gasteiger partial charge in [-0.1, -0.05) is 0 Å². The van der Waals surface area contributed by atoms with E-state index in [1.165, 1.54) is 18.5 Å². The summed E-state index contributed by atoms with van der Waals surface area (Å²) in [5.74, 6) is 3.88. The molecule has 0 spiro atoms. The maximum atomic E-state index is 5.96. The number of nitrogens with one attached hydrogen (secondary N) is 2. The number of hydrogen-bond acceptors (Lipinski definition) is 6. The number of methoxy groups -OCH3 is 2. The van der Waals surface area contributed by atoms with Crippen LogP contribution in [0.2, 0.25) is 0 Å². The van der Waals surface area contributed by atoms with E-state index in [0.29, 0.717) is 29.1 Å². The summed E-state index contributed by atoms with van der Waals surface area (Å²) < 4.78 is 16.8. The summed E-state index contributed by atoms with van der Waals surface area (Å²) in [4.78, 5) is 4.65. The first kappa shape index (κ1) is 17.5. The maximum Gasteiger partial charge on any atom is 0.223 e. The second-order valence-corrected chi connectivity index (χ2v) is 7.02. The Morgan fingerprint density at radius 2 is 1.78 bits per heavy atom. The Bertz CT molecular complexity index is 963. The van der Waals surface area contributed by atoms with Crippen LogP contribution in [0.15, 0.2) is 24.3 Å². The summed E-state index contributed by atoms with van der Waals surface area (Å²) in [5, 5.41) is 12.5. The van der Waals surface area contributed by atoms with Crippen molar-refractivity contribution in [1.82, 2.24) is 15.2 Å². The molecule has 1 saturated carbocycles. The molecule has 1 aliphatic rings. The molecule has 27 heavy (non-hydrogen) atoms. The smallest absolute Gasteiger partial charge is 0.223 e. The molecule has 0 amide bonds. The number of aromatic amines is 1. The molecule has 0 unspecified atom stereocenters. The lowest BCUT2D eigenvalue weighted by molar-refractivity contribution is 0.236. The number of benzene rings is 1. The minimum absolute atomic E-state index is 0.00380. The van der Waals surface area contributed by atoms with Crippen molar-refractivity contribution in [2.45, 2.75) is 38.7 Å². The Morgan fingerprint density at radius 3 is 2.44 bits per heavy atom. The Kier molecular flexibility index (Phi) is 4.51. The molecule has 7 nitrogen and oxygen atoms in total. The normalized spacial score (nSPS) is 13.8. The SMILES string of the molecule is COc1cc2cc(Nc3cc(C4CC4)[nH]n3)nc(OC(C)C)c2cc1OC. The number of fused-ring (bicyclic) bond motifs is 1. The summed E-state index contributed by atoms with van der Waals surface area (Å²) in [6.45, 7) is 3.95. The van der Waals surface area contributed by atoms with E-state index in [1.807, 2.05) is 38.1 Å². The second-order valence-electron chi connectivity index (χ2n) is 7.02. The highest BCUT2D eigenvalue weighted by Crippen LogP contribution is 2.40. The van der Waals surface area contributed by atoms with Crippen molar-refractivity contribution in [2.24, 2.45) is 0 Å². The summed E-state index contributed by atoms with van der Waals surface area (Å²) in [6.07, 6.45) is 2.45. The number of nitrogens with zero attached hydrogens (tertiary/aromatic N) is 2. The third-order valence-electron chi connectivity index (χ3n) is 4.52.